The Labute approximate surface area is 184 Å². The van der Waals surface area contributed by atoms with Crippen LogP contribution in [0.5, 0.6) is 5.88 Å². The Morgan fingerprint density at radius 3 is 2.69 bits per heavy atom. The van der Waals surface area contributed by atoms with E-state index in [1.54, 1.807) is 6.92 Å². The lowest BCUT2D eigenvalue weighted by molar-refractivity contribution is -0.142. The Morgan fingerprint density at radius 1 is 1.25 bits per heavy atom. The van der Waals surface area contributed by atoms with Crippen molar-refractivity contribution in [2.75, 3.05) is 7.11 Å². The van der Waals surface area contributed by atoms with Crippen LogP contribution in [0.2, 0.25) is 0 Å². The first-order valence-electron chi connectivity index (χ1n) is 10.7. The summed E-state index contributed by atoms with van der Waals surface area (Å²) in [5.41, 5.74) is 0.518. The quantitative estimate of drug-likeness (QED) is 0.348. The molecule has 9 heteroatoms. The molecule has 2 heterocycles. The van der Waals surface area contributed by atoms with Crippen LogP contribution < -0.4 is 11.2 Å². The molecule has 0 aliphatic rings. The maximum Gasteiger partial charge on any atom is 0.331 e. The van der Waals surface area contributed by atoms with E-state index in [0.29, 0.717) is 6.42 Å². The fraction of sp³-hybridized carbons (Fsp3) is 0.391. The highest BCUT2D eigenvalue weighted by molar-refractivity contribution is 6.03. The fourth-order valence-electron chi connectivity index (χ4n) is 3.69. The molecular weight excluding hydrogens is 412 g/mol. The predicted molar refractivity (Wildman–Crippen MR) is 123 cm³/mol. The van der Waals surface area contributed by atoms with Gasteiger partial charge in [0.05, 0.1) is 12.8 Å². The van der Waals surface area contributed by atoms with Gasteiger partial charge in [0.2, 0.25) is 5.88 Å². The van der Waals surface area contributed by atoms with Gasteiger partial charge in [-0.15, -0.1) is 0 Å². The molecule has 0 spiro atoms. The third kappa shape index (κ3) is 4.66. The van der Waals surface area contributed by atoms with E-state index < -0.39 is 29.1 Å². The number of aromatic amines is 2. The SMILES string of the molecule is CCCCn1c(O)c(C(CC)=NC(Cc2c[nH]c3ccccc23)C(=O)OC)c(=O)[nH]c1=O. The number of para-hydroxylation sites is 1. The molecule has 2 aromatic heterocycles. The summed E-state index contributed by atoms with van der Waals surface area (Å²) in [6.45, 7) is 3.98. The Bertz CT molecular complexity index is 1250. The number of carbonyl (C=O) groups excluding carboxylic acids is 1. The zero-order valence-corrected chi connectivity index (χ0v) is 18.5. The number of nitrogens with one attached hydrogen (secondary N) is 2. The molecule has 0 aliphatic heterocycles. The average Bonchev–Trinajstić information content (AvgIpc) is 3.19. The van der Waals surface area contributed by atoms with Gasteiger partial charge in [-0.25, -0.2) is 9.59 Å². The number of ether oxygens (including phenoxy) is 1. The molecule has 0 radical (unpaired) electrons. The van der Waals surface area contributed by atoms with E-state index in [2.05, 4.69) is 15.0 Å². The molecule has 0 saturated carbocycles. The fourth-order valence-corrected chi connectivity index (χ4v) is 3.69. The minimum Gasteiger partial charge on any atom is -0.494 e. The van der Waals surface area contributed by atoms with E-state index in [-0.39, 0.29) is 30.7 Å². The monoisotopic (exact) mass is 440 g/mol. The van der Waals surface area contributed by atoms with Gasteiger partial charge >= 0.3 is 11.7 Å². The van der Waals surface area contributed by atoms with Gasteiger partial charge in [-0.2, -0.15) is 0 Å². The molecule has 9 nitrogen and oxygen atoms in total. The van der Waals surface area contributed by atoms with Crippen molar-refractivity contribution in [3.63, 3.8) is 0 Å². The second-order valence-corrected chi connectivity index (χ2v) is 7.50. The summed E-state index contributed by atoms with van der Waals surface area (Å²) < 4.78 is 6.07. The van der Waals surface area contributed by atoms with Crippen LogP contribution in [0.3, 0.4) is 0 Å². The molecule has 0 saturated heterocycles. The topological polar surface area (TPSA) is 130 Å². The van der Waals surface area contributed by atoms with Gasteiger partial charge in [0.1, 0.15) is 5.56 Å². The number of H-pyrrole nitrogens is 2. The Morgan fingerprint density at radius 2 is 2.00 bits per heavy atom. The summed E-state index contributed by atoms with van der Waals surface area (Å²) in [4.78, 5) is 47.2. The van der Waals surface area contributed by atoms with E-state index in [4.69, 9.17) is 4.74 Å². The van der Waals surface area contributed by atoms with Crippen molar-refractivity contribution in [3.8, 4) is 5.88 Å². The van der Waals surface area contributed by atoms with Gasteiger partial charge in [0.15, 0.2) is 6.04 Å². The molecule has 3 aromatic rings. The molecule has 0 fully saturated rings. The molecule has 1 atom stereocenters. The summed E-state index contributed by atoms with van der Waals surface area (Å²) >= 11 is 0. The molecule has 3 rings (SSSR count). The minimum atomic E-state index is -0.927. The van der Waals surface area contributed by atoms with Crippen molar-refractivity contribution in [2.24, 2.45) is 4.99 Å². The van der Waals surface area contributed by atoms with Crippen molar-refractivity contribution in [1.82, 2.24) is 14.5 Å². The van der Waals surface area contributed by atoms with E-state index in [0.717, 1.165) is 27.5 Å². The number of rotatable bonds is 9. The molecule has 1 unspecified atom stereocenters. The van der Waals surface area contributed by atoms with Crippen LogP contribution >= 0.6 is 0 Å². The maximum atomic E-state index is 12.6. The number of aromatic hydroxyl groups is 1. The van der Waals surface area contributed by atoms with Gasteiger partial charge < -0.3 is 14.8 Å². The number of benzene rings is 1. The summed E-state index contributed by atoms with van der Waals surface area (Å²) in [5.74, 6) is -1.00. The lowest BCUT2D eigenvalue weighted by atomic mass is 10.0. The number of fused-ring (bicyclic) bond motifs is 1. The highest BCUT2D eigenvalue weighted by Crippen LogP contribution is 2.21. The molecule has 1 aromatic carbocycles. The molecule has 0 amide bonds. The van der Waals surface area contributed by atoms with Gasteiger partial charge in [0, 0.05) is 30.1 Å². The van der Waals surface area contributed by atoms with Crippen LogP contribution in [0.15, 0.2) is 45.0 Å². The average molecular weight is 441 g/mol. The number of unbranched alkanes of at least 4 members (excludes halogenated alkanes) is 1. The number of nitrogens with zero attached hydrogens (tertiary/aromatic N) is 2. The summed E-state index contributed by atoms with van der Waals surface area (Å²) in [6.07, 6.45) is 3.79. The zero-order valence-electron chi connectivity index (χ0n) is 18.5. The molecule has 3 N–H and O–H groups in total. The van der Waals surface area contributed by atoms with Crippen LogP contribution in [0.25, 0.3) is 10.9 Å². The molecule has 170 valence electrons. The molecular formula is C23H28N4O5. The smallest absolute Gasteiger partial charge is 0.331 e. The first-order valence-corrected chi connectivity index (χ1v) is 10.7. The first kappa shape index (κ1) is 23.1. The number of esters is 1. The third-order valence-corrected chi connectivity index (χ3v) is 5.40. The maximum absolute atomic E-state index is 12.6. The number of carbonyl (C=O) groups is 1. The third-order valence-electron chi connectivity index (χ3n) is 5.40. The van der Waals surface area contributed by atoms with E-state index in [1.165, 1.54) is 7.11 Å². The summed E-state index contributed by atoms with van der Waals surface area (Å²) in [7, 11) is 1.28. The minimum absolute atomic E-state index is 0.101. The predicted octanol–water partition coefficient (Wildman–Crippen LogP) is 2.51. The van der Waals surface area contributed by atoms with Crippen molar-refractivity contribution in [2.45, 2.75) is 52.1 Å². The zero-order chi connectivity index (χ0) is 23.3. The Balaban J connectivity index is 2.07. The van der Waals surface area contributed by atoms with Crippen molar-refractivity contribution in [3.05, 3.63) is 62.4 Å². The number of methoxy groups -OCH3 is 1. The van der Waals surface area contributed by atoms with Gasteiger partial charge in [-0.05, 0) is 24.5 Å². The van der Waals surface area contributed by atoms with Crippen molar-refractivity contribution in [1.29, 1.82) is 0 Å². The molecule has 32 heavy (non-hydrogen) atoms. The highest BCUT2D eigenvalue weighted by atomic mass is 16.5. The Kier molecular flexibility index (Phi) is 7.29. The second kappa shape index (κ2) is 10.1. The van der Waals surface area contributed by atoms with Crippen molar-refractivity contribution >= 4 is 22.6 Å². The largest absolute Gasteiger partial charge is 0.494 e. The number of hydrogen-bond acceptors (Lipinski definition) is 6. The Hall–Kier alpha value is -3.62. The first-order chi connectivity index (χ1) is 15.4. The van der Waals surface area contributed by atoms with Crippen LogP contribution in [-0.2, 0) is 22.5 Å². The standard InChI is InChI=1S/C23H28N4O5/c1-4-6-11-27-21(29)19(20(28)26-23(27)31)16(5-2)25-18(22(30)32-3)12-14-13-24-17-10-8-7-9-15(14)17/h7-10,13,18,24,29H,4-6,11-12H2,1-3H3,(H,26,28,31). The normalized spacial score (nSPS) is 12.8. The van der Waals surface area contributed by atoms with Crippen LogP contribution in [0.4, 0.5) is 0 Å². The second-order valence-electron chi connectivity index (χ2n) is 7.50. The number of aromatic nitrogens is 3. The lowest BCUT2D eigenvalue weighted by Crippen LogP contribution is -2.35. The molecule has 0 aliphatic carbocycles. The van der Waals surface area contributed by atoms with Gasteiger partial charge in [0.25, 0.3) is 5.56 Å². The van der Waals surface area contributed by atoms with Crippen LogP contribution in [0.1, 0.15) is 44.2 Å². The highest BCUT2D eigenvalue weighted by Gasteiger charge is 2.24. The lowest BCUT2D eigenvalue weighted by Gasteiger charge is -2.15. The van der Waals surface area contributed by atoms with Crippen LogP contribution in [0, 0.1) is 0 Å². The van der Waals surface area contributed by atoms with E-state index in [9.17, 15) is 19.5 Å². The van der Waals surface area contributed by atoms with Gasteiger partial charge in [-0.1, -0.05) is 38.5 Å². The van der Waals surface area contributed by atoms with Crippen LogP contribution in [-0.4, -0.2) is 44.5 Å². The number of aliphatic imine (C=N–C) groups is 1. The van der Waals surface area contributed by atoms with Crippen molar-refractivity contribution < 1.29 is 14.6 Å². The summed E-state index contributed by atoms with van der Waals surface area (Å²) in [5, 5.41) is 11.7. The molecule has 0 bridgehead atoms. The van der Waals surface area contributed by atoms with E-state index >= 15 is 0 Å². The van der Waals surface area contributed by atoms with E-state index in [1.807, 2.05) is 37.4 Å². The summed E-state index contributed by atoms with van der Waals surface area (Å²) in [6, 6.07) is 6.77. The number of hydrogen-bond donors (Lipinski definition) is 3. The van der Waals surface area contributed by atoms with Gasteiger partial charge in [-0.3, -0.25) is 19.3 Å².